The molecule has 0 N–H and O–H groups in total. The highest BCUT2D eigenvalue weighted by Crippen LogP contribution is 2.63. The summed E-state index contributed by atoms with van der Waals surface area (Å²) in [6.45, 7) is 0. The molecule has 13 aromatic rings. The van der Waals surface area contributed by atoms with E-state index in [1.807, 2.05) is 11.3 Å². The molecule has 2 heterocycles. The molecule has 0 bridgehead atoms. The first-order valence-electron chi connectivity index (χ1n) is 23.5. The van der Waals surface area contributed by atoms with Crippen LogP contribution in [0.2, 0.25) is 0 Å². The van der Waals surface area contributed by atoms with Gasteiger partial charge in [0.15, 0.2) is 0 Å². The maximum absolute atomic E-state index is 2.52. The first kappa shape index (κ1) is 37.7. The van der Waals surface area contributed by atoms with Crippen molar-refractivity contribution in [1.29, 1.82) is 0 Å². The van der Waals surface area contributed by atoms with E-state index in [0.29, 0.717) is 0 Å². The lowest BCUT2D eigenvalue weighted by atomic mass is 9.70. The normalized spacial score (nSPS) is 13.1. The summed E-state index contributed by atoms with van der Waals surface area (Å²) in [7, 11) is 0. The van der Waals surface area contributed by atoms with Crippen LogP contribution < -0.4 is 4.90 Å². The van der Waals surface area contributed by atoms with E-state index in [1.54, 1.807) is 0 Å². The van der Waals surface area contributed by atoms with Crippen molar-refractivity contribution in [2.24, 2.45) is 0 Å². The van der Waals surface area contributed by atoms with Crippen LogP contribution >= 0.6 is 11.3 Å². The number of hydrogen-bond donors (Lipinski definition) is 0. The van der Waals surface area contributed by atoms with Crippen molar-refractivity contribution in [3.63, 3.8) is 0 Å². The molecular formula is C65H40N2S. The molecule has 0 radical (unpaired) electrons. The average Bonchev–Trinajstić information content (AvgIpc) is 4.14. The average molecular weight is 881 g/mol. The zero-order valence-electron chi connectivity index (χ0n) is 36.9. The highest BCUT2D eigenvalue weighted by atomic mass is 32.1. The molecule has 0 saturated heterocycles. The highest BCUT2D eigenvalue weighted by Gasteiger charge is 2.51. The number of fused-ring (bicyclic) bond motifs is 20. The number of anilines is 3. The number of hydrogen-bond acceptors (Lipinski definition) is 2. The zero-order chi connectivity index (χ0) is 44.5. The van der Waals surface area contributed by atoms with Gasteiger partial charge in [0.25, 0.3) is 0 Å². The minimum Gasteiger partial charge on any atom is -0.310 e. The van der Waals surface area contributed by atoms with Crippen LogP contribution in [0.1, 0.15) is 22.3 Å². The smallest absolute Gasteiger partial charge is 0.0726 e. The standard InChI is InChI=1S/C65H40N2S/c1-3-17-41(18-4-1)42-31-33-44(34-32-42)66(46-35-37-50-49-23-11-15-29-57(49)65(58(50)40-46)55-27-13-9-21-47(55)48-22-10-14-28-56(48)65)45-36-38-59-54(39-45)61-51-24-7-8-25-52(51)62-53-26-12-16-30-60(53)68-64(62)63(61)67(59)43-19-5-2-6-20-43/h1-40H. The fourth-order valence-corrected chi connectivity index (χ4v) is 13.5. The lowest BCUT2D eigenvalue weighted by molar-refractivity contribution is 0.793. The number of benzene rings is 11. The van der Waals surface area contributed by atoms with Crippen LogP contribution in [-0.2, 0) is 5.41 Å². The Bertz CT molecular complexity index is 4130. The molecule has 0 fully saturated rings. The number of rotatable bonds is 5. The molecule has 1 spiro atoms. The van der Waals surface area contributed by atoms with Gasteiger partial charge in [0.2, 0.25) is 0 Å². The Morgan fingerprint density at radius 3 is 1.53 bits per heavy atom. The number of nitrogens with zero attached hydrogens (tertiary/aromatic N) is 2. The Balaban J connectivity index is 1.03. The van der Waals surface area contributed by atoms with Crippen molar-refractivity contribution in [3.8, 4) is 39.1 Å². The van der Waals surface area contributed by atoms with Gasteiger partial charge in [0, 0.05) is 49.0 Å². The summed E-state index contributed by atoms with van der Waals surface area (Å²) in [6.07, 6.45) is 0. The molecule has 0 unspecified atom stereocenters. The van der Waals surface area contributed by atoms with E-state index >= 15 is 0 Å². The van der Waals surface area contributed by atoms with Crippen LogP contribution in [0.4, 0.5) is 17.1 Å². The highest BCUT2D eigenvalue weighted by molar-refractivity contribution is 7.27. The second-order valence-corrected chi connectivity index (χ2v) is 19.4. The second-order valence-electron chi connectivity index (χ2n) is 18.3. The molecule has 0 saturated carbocycles. The van der Waals surface area contributed by atoms with Gasteiger partial charge in [-0.25, -0.2) is 0 Å². The van der Waals surface area contributed by atoms with Crippen molar-refractivity contribution in [2.45, 2.75) is 5.41 Å². The molecule has 2 aliphatic rings. The molecule has 0 atom stereocenters. The lowest BCUT2D eigenvalue weighted by Gasteiger charge is -2.32. The molecule has 316 valence electrons. The maximum atomic E-state index is 2.52. The van der Waals surface area contributed by atoms with Crippen molar-refractivity contribution in [2.75, 3.05) is 4.90 Å². The van der Waals surface area contributed by atoms with Crippen LogP contribution in [0, 0.1) is 0 Å². The Hall–Kier alpha value is -8.50. The number of aromatic nitrogens is 1. The molecule has 0 aliphatic heterocycles. The molecule has 3 heteroatoms. The Morgan fingerprint density at radius 2 is 0.853 bits per heavy atom. The van der Waals surface area contributed by atoms with Gasteiger partial charge >= 0.3 is 0 Å². The molecule has 15 rings (SSSR count). The third-order valence-electron chi connectivity index (χ3n) is 15.0. The third-order valence-corrected chi connectivity index (χ3v) is 16.1. The third kappa shape index (κ3) is 5.06. The molecule has 2 aromatic heterocycles. The largest absolute Gasteiger partial charge is 0.310 e. The summed E-state index contributed by atoms with van der Waals surface area (Å²) < 4.78 is 5.14. The predicted molar refractivity (Wildman–Crippen MR) is 288 cm³/mol. The molecule has 68 heavy (non-hydrogen) atoms. The molecular weight excluding hydrogens is 841 g/mol. The Labute approximate surface area is 397 Å². The number of thiophene rings is 1. The van der Waals surface area contributed by atoms with Gasteiger partial charge in [-0.1, -0.05) is 182 Å². The predicted octanol–water partition coefficient (Wildman–Crippen LogP) is 17.8. The summed E-state index contributed by atoms with van der Waals surface area (Å²) in [5.41, 5.74) is 19.4. The fourth-order valence-electron chi connectivity index (χ4n) is 12.3. The van der Waals surface area contributed by atoms with Crippen LogP contribution in [0.25, 0.3) is 91.8 Å². The van der Waals surface area contributed by atoms with Crippen LogP contribution in [-0.4, -0.2) is 4.57 Å². The van der Waals surface area contributed by atoms with E-state index in [4.69, 9.17) is 0 Å². The zero-order valence-corrected chi connectivity index (χ0v) is 37.7. The quantitative estimate of drug-likeness (QED) is 0.167. The summed E-state index contributed by atoms with van der Waals surface area (Å²) >= 11 is 1.91. The molecule has 0 amide bonds. The summed E-state index contributed by atoms with van der Waals surface area (Å²) in [6, 6.07) is 90.4. The maximum Gasteiger partial charge on any atom is 0.0726 e. The minimum absolute atomic E-state index is 0.459. The van der Waals surface area contributed by atoms with E-state index in [1.165, 1.54) is 108 Å². The van der Waals surface area contributed by atoms with E-state index in [0.717, 1.165) is 22.7 Å². The van der Waals surface area contributed by atoms with E-state index in [9.17, 15) is 0 Å². The Kier molecular flexibility index (Phi) is 7.90. The van der Waals surface area contributed by atoms with Crippen LogP contribution in [0.15, 0.2) is 243 Å². The van der Waals surface area contributed by atoms with Gasteiger partial charge < -0.3 is 9.47 Å². The summed E-state index contributed by atoms with van der Waals surface area (Å²) in [5.74, 6) is 0. The molecule has 2 nitrogen and oxygen atoms in total. The summed E-state index contributed by atoms with van der Waals surface area (Å²) in [4.78, 5) is 2.49. The molecule has 2 aliphatic carbocycles. The van der Waals surface area contributed by atoms with Gasteiger partial charge in [0.05, 0.1) is 21.1 Å². The van der Waals surface area contributed by atoms with E-state index < -0.39 is 5.41 Å². The lowest BCUT2D eigenvalue weighted by Crippen LogP contribution is -2.26. The molecule has 11 aromatic carbocycles. The second kappa shape index (κ2) is 14.3. The van der Waals surface area contributed by atoms with Gasteiger partial charge in [0.1, 0.15) is 0 Å². The van der Waals surface area contributed by atoms with E-state index in [-0.39, 0.29) is 0 Å². The van der Waals surface area contributed by atoms with Crippen molar-refractivity contribution >= 4 is 81.1 Å². The van der Waals surface area contributed by atoms with Gasteiger partial charge in [-0.2, -0.15) is 0 Å². The topological polar surface area (TPSA) is 8.17 Å². The summed E-state index contributed by atoms with van der Waals surface area (Å²) in [5, 5.41) is 7.71. The van der Waals surface area contributed by atoms with Gasteiger partial charge in [-0.15, -0.1) is 11.3 Å². The van der Waals surface area contributed by atoms with Crippen LogP contribution in [0.3, 0.4) is 0 Å². The fraction of sp³-hybridized carbons (Fsp3) is 0.0154. The van der Waals surface area contributed by atoms with Gasteiger partial charge in [-0.05, 0) is 127 Å². The number of para-hydroxylation sites is 1. The monoisotopic (exact) mass is 880 g/mol. The van der Waals surface area contributed by atoms with Crippen molar-refractivity contribution in [1.82, 2.24) is 4.57 Å². The van der Waals surface area contributed by atoms with Crippen LogP contribution in [0.5, 0.6) is 0 Å². The first-order chi connectivity index (χ1) is 33.8. The SMILES string of the molecule is c1ccc(-c2ccc(N(c3ccc4c(c3)C3(c5ccccc5-c5ccccc53)c3ccccc3-4)c3ccc4c(c3)c3c5ccccc5c5c6ccccc6sc5c3n4-c3ccccc3)cc2)cc1. The van der Waals surface area contributed by atoms with E-state index in [2.05, 4.69) is 252 Å². The minimum atomic E-state index is -0.459. The first-order valence-corrected chi connectivity index (χ1v) is 24.3. The Morgan fingerprint density at radius 1 is 0.353 bits per heavy atom. The van der Waals surface area contributed by atoms with Crippen molar-refractivity contribution in [3.05, 3.63) is 265 Å². The van der Waals surface area contributed by atoms with Crippen molar-refractivity contribution < 1.29 is 0 Å². The van der Waals surface area contributed by atoms with Gasteiger partial charge in [-0.3, -0.25) is 0 Å².